The Kier molecular flexibility index (Phi) is 4.72. The topological polar surface area (TPSA) is 63.3 Å². The third-order valence-electron chi connectivity index (χ3n) is 2.91. The summed E-state index contributed by atoms with van der Waals surface area (Å²) < 4.78 is 38.5. The van der Waals surface area contributed by atoms with E-state index in [9.17, 15) is 23.1 Å². The lowest BCUT2D eigenvalue weighted by atomic mass is 9.76. The van der Waals surface area contributed by atoms with E-state index >= 15 is 0 Å². The SMILES string of the molecule is NCC(CCCF)(C(=O)O)c1cc(F)cc(F)c1. The monoisotopic (exact) mass is 261 g/mol. The molecule has 1 atom stereocenters. The van der Waals surface area contributed by atoms with Gasteiger partial charge in [0.1, 0.15) is 17.0 Å². The van der Waals surface area contributed by atoms with Crippen LogP contribution in [0.5, 0.6) is 0 Å². The summed E-state index contributed by atoms with van der Waals surface area (Å²) in [6.07, 6.45) is -0.153. The van der Waals surface area contributed by atoms with Gasteiger partial charge in [-0.1, -0.05) is 0 Å². The highest BCUT2D eigenvalue weighted by Crippen LogP contribution is 2.30. The molecule has 0 aliphatic heterocycles. The van der Waals surface area contributed by atoms with Crippen molar-refractivity contribution < 1.29 is 23.1 Å². The van der Waals surface area contributed by atoms with Crippen LogP contribution in [0.2, 0.25) is 0 Å². The van der Waals surface area contributed by atoms with Gasteiger partial charge < -0.3 is 10.8 Å². The molecular weight excluding hydrogens is 247 g/mol. The average Bonchev–Trinajstić information content (AvgIpc) is 2.29. The molecule has 0 amide bonds. The van der Waals surface area contributed by atoms with Crippen LogP contribution in [0.25, 0.3) is 0 Å². The molecule has 1 rings (SSSR count). The Labute approximate surface area is 102 Å². The number of hydrogen-bond donors (Lipinski definition) is 2. The summed E-state index contributed by atoms with van der Waals surface area (Å²) in [7, 11) is 0. The van der Waals surface area contributed by atoms with Crippen molar-refractivity contribution in [2.75, 3.05) is 13.2 Å². The first-order valence-corrected chi connectivity index (χ1v) is 5.42. The van der Waals surface area contributed by atoms with Crippen LogP contribution in [-0.2, 0) is 10.2 Å². The maximum absolute atomic E-state index is 13.1. The summed E-state index contributed by atoms with van der Waals surface area (Å²) in [6.45, 7) is -1.07. The van der Waals surface area contributed by atoms with Crippen molar-refractivity contribution in [3.05, 3.63) is 35.4 Å². The van der Waals surface area contributed by atoms with E-state index in [1.165, 1.54) is 0 Å². The Bertz CT molecular complexity index is 419. The number of carbonyl (C=O) groups is 1. The number of hydrogen-bond acceptors (Lipinski definition) is 2. The fraction of sp³-hybridized carbons (Fsp3) is 0.417. The molecule has 0 bridgehead atoms. The van der Waals surface area contributed by atoms with Crippen molar-refractivity contribution >= 4 is 5.97 Å². The number of carboxylic acids is 1. The zero-order valence-electron chi connectivity index (χ0n) is 9.63. The Morgan fingerprint density at radius 1 is 1.28 bits per heavy atom. The van der Waals surface area contributed by atoms with E-state index in [1.54, 1.807) is 0 Å². The maximum Gasteiger partial charge on any atom is 0.315 e. The average molecular weight is 261 g/mol. The van der Waals surface area contributed by atoms with Crippen molar-refractivity contribution in [2.45, 2.75) is 18.3 Å². The number of rotatable bonds is 6. The molecule has 0 saturated heterocycles. The summed E-state index contributed by atoms with van der Waals surface area (Å²) in [5.74, 6) is -3.09. The van der Waals surface area contributed by atoms with Gasteiger partial charge in [0.2, 0.25) is 0 Å². The lowest BCUT2D eigenvalue weighted by Gasteiger charge is -2.28. The molecule has 100 valence electrons. The lowest BCUT2D eigenvalue weighted by Crippen LogP contribution is -2.43. The largest absolute Gasteiger partial charge is 0.481 e. The molecule has 0 radical (unpaired) electrons. The van der Waals surface area contributed by atoms with Crippen molar-refractivity contribution in [1.29, 1.82) is 0 Å². The van der Waals surface area contributed by atoms with E-state index in [2.05, 4.69) is 0 Å². The van der Waals surface area contributed by atoms with Crippen LogP contribution < -0.4 is 5.73 Å². The van der Waals surface area contributed by atoms with E-state index in [4.69, 9.17) is 5.73 Å². The zero-order valence-corrected chi connectivity index (χ0v) is 9.63. The highest BCUT2D eigenvalue weighted by Gasteiger charge is 2.39. The summed E-state index contributed by atoms with van der Waals surface area (Å²) in [5, 5.41) is 9.24. The second-order valence-electron chi connectivity index (χ2n) is 4.04. The molecule has 0 aliphatic rings. The van der Waals surface area contributed by atoms with E-state index in [1.807, 2.05) is 0 Å². The molecule has 1 aromatic rings. The number of alkyl halides is 1. The van der Waals surface area contributed by atoms with Crippen molar-refractivity contribution in [3.63, 3.8) is 0 Å². The molecule has 6 heteroatoms. The van der Waals surface area contributed by atoms with Crippen LogP contribution in [0.3, 0.4) is 0 Å². The van der Waals surface area contributed by atoms with Crippen LogP contribution in [-0.4, -0.2) is 24.3 Å². The second kappa shape index (κ2) is 5.86. The number of aliphatic carboxylic acids is 1. The zero-order chi connectivity index (χ0) is 13.8. The number of benzene rings is 1. The third kappa shape index (κ3) is 2.81. The van der Waals surface area contributed by atoms with Crippen molar-refractivity contribution in [1.82, 2.24) is 0 Å². The van der Waals surface area contributed by atoms with E-state index in [0.29, 0.717) is 6.07 Å². The first-order valence-electron chi connectivity index (χ1n) is 5.42. The van der Waals surface area contributed by atoms with Gasteiger partial charge in [0.15, 0.2) is 0 Å². The number of nitrogens with two attached hydrogens (primary N) is 1. The summed E-state index contributed by atoms with van der Waals surface area (Å²) >= 11 is 0. The van der Waals surface area contributed by atoms with E-state index in [0.717, 1.165) is 12.1 Å². The van der Waals surface area contributed by atoms with Gasteiger partial charge in [-0.15, -0.1) is 0 Å². The Balaban J connectivity index is 3.27. The molecule has 0 saturated carbocycles. The van der Waals surface area contributed by atoms with Gasteiger partial charge in [0.05, 0.1) is 6.67 Å². The molecule has 0 aromatic heterocycles. The fourth-order valence-corrected chi connectivity index (χ4v) is 1.88. The van der Waals surface area contributed by atoms with Crippen LogP contribution in [0, 0.1) is 11.6 Å². The molecule has 1 aromatic carbocycles. The highest BCUT2D eigenvalue weighted by molar-refractivity contribution is 5.81. The van der Waals surface area contributed by atoms with Gasteiger partial charge in [0.25, 0.3) is 0 Å². The Morgan fingerprint density at radius 2 is 1.83 bits per heavy atom. The molecule has 3 nitrogen and oxygen atoms in total. The lowest BCUT2D eigenvalue weighted by molar-refractivity contribution is -0.143. The second-order valence-corrected chi connectivity index (χ2v) is 4.04. The molecule has 3 N–H and O–H groups in total. The molecule has 18 heavy (non-hydrogen) atoms. The molecule has 0 fully saturated rings. The van der Waals surface area contributed by atoms with Gasteiger partial charge in [-0.05, 0) is 30.5 Å². The molecule has 0 aliphatic carbocycles. The minimum absolute atomic E-state index is 0.0400. The Morgan fingerprint density at radius 3 is 2.22 bits per heavy atom. The predicted octanol–water partition coefficient (Wildman–Crippen LogP) is 2.00. The van der Waals surface area contributed by atoms with Gasteiger partial charge >= 0.3 is 5.97 Å². The van der Waals surface area contributed by atoms with E-state index in [-0.39, 0.29) is 24.9 Å². The minimum atomic E-state index is -1.66. The number of carboxylic acid groups (broad SMARTS) is 1. The number of halogens is 3. The summed E-state index contributed by atoms with van der Waals surface area (Å²) in [5.41, 5.74) is 3.70. The normalized spacial score (nSPS) is 14.2. The van der Waals surface area contributed by atoms with Gasteiger partial charge in [-0.2, -0.15) is 0 Å². The van der Waals surface area contributed by atoms with Gasteiger partial charge in [-0.3, -0.25) is 9.18 Å². The minimum Gasteiger partial charge on any atom is -0.481 e. The molecule has 0 heterocycles. The standard InChI is InChI=1S/C12H14F3NO2/c13-3-1-2-12(7-16,11(17)18)8-4-9(14)6-10(15)5-8/h4-6H,1-3,7,16H2,(H,17,18). The first kappa shape index (κ1) is 14.5. The van der Waals surface area contributed by atoms with Crippen molar-refractivity contribution in [2.24, 2.45) is 5.73 Å². The van der Waals surface area contributed by atoms with Crippen LogP contribution in [0.15, 0.2) is 18.2 Å². The fourth-order valence-electron chi connectivity index (χ4n) is 1.88. The van der Waals surface area contributed by atoms with Crippen LogP contribution in [0.4, 0.5) is 13.2 Å². The van der Waals surface area contributed by atoms with Crippen LogP contribution in [0.1, 0.15) is 18.4 Å². The van der Waals surface area contributed by atoms with Gasteiger partial charge in [-0.25, -0.2) is 8.78 Å². The third-order valence-corrected chi connectivity index (χ3v) is 2.91. The summed E-state index contributed by atoms with van der Waals surface area (Å²) in [6, 6.07) is 2.48. The maximum atomic E-state index is 13.1. The molecule has 1 unspecified atom stereocenters. The summed E-state index contributed by atoms with van der Waals surface area (Å²) in [4.78, 5) is 11.3. The quantitative estimate of drug-likeness (QED) is 0.823. The van der Waals surface area contributed by atoms with Crippen molar-refractivity contribution in [3.8, 4) is 0 Å². The first-order chi connectivity index (χ1) is 8.46. The molecule has 0 spiro atoms. The smallest absolute Gasteiger partial charge is 0.315 e. The highest BCUT2D eigenvalue weighted by atomic mass is 19.1. The van der Waals surface area contributed by atoms with Crippen LogP contribution >= 0.6 is 0 Å². The predicted molar refractivity (Wildman–Crippen MR) is 59.9 cm³/mol. The Hall–Kier alpha value is -1.56. The molecular formula is C12H14F3NO2. The van der Waals surface area contributed by atoms with E-state index < -0.39 is 29.7 Å². The van der Waals surface area contributed by atoms with Gasteiger partial charge in [0, 0.05) is 12.6 Å².